The summed E-state index contributed by atoms with van der Waals surface area (Å²) in [5.41, 5.74) is 3.37. The highest BCUT2D eigenvalue weighted by Crippen LogP contribution is 2.03. The molecule has 0 aromatic carbocycles. The molecule has 0 spiro atoms. The largest absolute Gasteiger partial charge is 0.374 e. The monoisotopic (exact) mass is 398 g/mol. The van der Waals surface area contributed by atoms with Gasteiger partial charge in [-0.05, 0) is 50.7 Å². The van der Waals surface area contributed by atoms with Gasteiger partial charge in [-0.15, -0.1) is 0 Å². The molecule has 0 N–H and O–H groups in total. The highest BCUT2D eigenvalue weighted by atomic mass is 16.2. The fraction of sp³-hybridized carbons (Fsp3) is 0.458. The van der Waals surface area contributed by atoms with Crippen LogP contribution in [0.15, 0.2) is 55.5 Å². The highest BCUT2D eigenvalue weighted by Gasteiger charge is 2.17. The number of amides is 1. The van der Waals surface area contributed by atoms with Crippen LogP contribution in [0.25, 0.3) is 0 Å². The molecule has 0 saturated carbocycles. The Labute approximate surface area is 177 Å². The number of hydrogen-bond donors (Lipinski definition) is 0. The van der Waals surface area contributed by atoms with Crippen molar-refractivity contribution in [1.29, 1.82) is 0 Å². The van der Waals surface area contributed by atoms with Crippen LogP contribution in [0.3, 0.4) is 0 Å². The summed E-state index contributed by atoms with van der Waals surface area (Å²) in [6.45, 7) is 19.1. The lowest BCUT2D eigenvalue weighted by Gasteiger charge is -2.33. The molecule has 0 bridgehead atoms. The van der Waals surface area contributed by atoms with Gasteiger partial charge in [0.05, 0.1) is 0 Å². The van der Waals surface area contributed by atoms with Crippen LogP contribution < -0.4 is 0 Å². The molecule has 1 aliphatic heterocycles. The number of rotatable bonds is 2. The minimum absolute atomic E-state index is 0.263. The summed E-state index contributed by atoms with van der Waals surface area (Å²) >= 11 is 0. The first-order chi connectivity index (χ1) is 14.0. The molecule has 1 aliphatic rings. The fourth-order valence-electron chi connectivity index (χ4n) is 2.37. The number of nitrogens with zero attached hydrogens (tertiary/aromatic N) is 4. The van der Waals surface area contributed by atoms with Crippen LogP contribution in [-0.4, -0.2) is 51.9 Å². The number of carbonyl (C=O) groups is 1. The summed E-state index contributed by atoms with van der Waals surface area (Å²) < 4.78 is 0. The molecule has 3 heterocycles. The van der Waals surface area contributed by atoms with Crippen molar-refractivity contribution in [2.75, 3.05) is 26.2 Å². The first-order valence-corrected chi connectivity index (χ1v) is 10.4. The molecule has 5 nitrogen and oxygen atoms in total. The standard InChI is InChI=1S/C9H16N2O.C7H9N.C6H7N.C2H6/c1-3-9(12)11-7-5-10(4-2)6-8-11;1-6-3-4-7(2)8-5-6;1-6-4-2-3-5-7-6;1-2/h4H,2-3,5-8H2,1H3;3-5H,1-2H3;2-5H,1H3;1-2H3. The smallest absolute Gasteiger partial charge is 0.222 e. The second-order valence-corrected chi connectivity index (χ2v) is 6.40. The van der Waals surface area contributed by atoms with Gasteiger partial charge < -0.3 is 9.80 Å². The third kappa shape index (κ3) is 12.4. The van der Waals surface area contributed by atoms with Crippen molar-refractivity contribution in [3.63, 3.8) is 0 Å². The van der Waals surface area contributed by atoms with Crippen LogP contribution in [0, 0.1) is 20.8 Å². The second kappa shape index (κ2) is 16.3. The molecule has 3 rings (SSSR count). The van der Waals surface area contributed by atoms with Crippen molar-refractivity contribution in [1.82, 2.24) is 19.8 Å². The van der Waals surface area contributed by atoms with Crippen molar-refractivity contribution in [2.24, 2.45) is 0 Å². The van der Waals surface area contributed by atoms with Crippen LogP contribution in [0.5, 0.6) is 0 Å². The van der Waals surface area contributed by atoms with E-state index in [4.69, 9.17) is 0 Å². The Hall–Kier alpha value is -2.69. The number of pyridine rings is 2. The summed E-state index contributed by atoms with van der Waals surface area (Å²) in [4.78, 5) is 23.4. The average molecular weight is 399 g/mol. The van der Waals surface area contributed by atoms with Crippen LogP contribution >= 0.6 is 0 Å². The Morgan fingerprint density at radius 2 is 1.62 bits per heavy atom. The molecule has 2 aromatic heterocycles. The van der Waals surface area contributed by atoms with Gasteiger partial charge in [0.1, 0.15) is 0 Å². The first-order valence-electron chi connectivity index (χ1n) is 10.4. The minimum Gasteiger partial charge on any atom is -0.374 e. The maximum atomic E-state index is 11.2. The van der Waals surface area contributed by atoms with Gasteiger partial charge in [0, 0.05) is 56.4 Å². The molecule has 0 radical (unpaired) electrons. The minimum atomic E-state index is 0.263. The third-order valence-electron chi connectivity index (χ3n) is 4.10. The molecule has 29 heavy (non-hydrogen) atoms. The Morgan fingerprint density at radius 1 is 1.00 bits per heavy atom. The topological polar surface area (TPSA) is 49.3 Å². The maximum absolute atomic E-state index is 11.2. The molecular weight excluding hydrogens is 360 g/mol. The van der Waals surface area contributed by atoms with E-state index in [1.807, 2.05) is 83.1 Å². The molecule has 1 fully saturated rings. The van der Waals surface area contributed by atoms with Gasteiger partial charge in [-0.3, -0.25) is 14.8 Å². The molecule has 0 atom stereocenters. The summed E-state index contributed by atoms with van der Waals surface area (Å²) in [6.07, 6.45) is 6.12. The van der Waals surface area contributed by atoms with Crippen LogP contribution in [-0.2, 0) is 4.79 Å². The zero-order chi connectivity index (χ0) is 22.1. The van der Waals surface area contributed by atoms with Crippen molar-refractivity contribution in [3.05, 3.63) is 72.5 Å². The van der Waals surface area contributed by atoms with Crippen molar-refractivity contribution < 1.29 is 4.79 Å². The molecule has 0 aliphatic carbocycles. The van der Waals surface area contributed by atoms with E-state index in [1.54, 1.807) is 6.20 Å². The van der Waals surface area contributed by atoms with Gasteiger partial charge in [-0.25, -0.2) is 0 Å². The van der Waals surface area contributed by atoms with Crippen LogP contribution in [0.4, 0.5) is 0 Å². The van der Waals surface area contributed by atoms with Gasteiger partial charge in [-0.1, -0.05) is 39.5 Å². The molecule has 1 amide bonds. The van der Waals surface area contributed by atoms with Gasteiger partial charge in [0.25, 0.3) is 0 Å². The van der Waals surface area contributed by atoms with E-state index in [0.717, 1.165) is 37.6 Å². The van der Waals surface area contributed by atoms with Gasteiger partial charge in [0.2, 0.25) is 5.91 Å². The number of aromatic nitrogens is 2. The Morgan fingerprint density at radius 3 is 1.97 bits per heavy atom. The number of piperazine rings is 1. The predicted molar refractivity (Wildman–Crippen MR) is 123 cm³/mol. The third-order valence-corrected chi connectivity index (χ3v) is 4.10. The Kier molecular flexibility index (Phi) is 14.8. The van der Waals surface area contributed by atoms with Crippen LogP contribution in [0.2, 0.25) is 0 Å². The number of carbonyl (C=O) groups excluding carboxylic acids is 1. The summed E-state index contributed by atoms with van der Waals surface area (Å²) in [6, 6.07) is 9.92. The predicted octanol–water partition coefficient (Wildman–Crippen LogP) is 4.80. The second-order valence-electron chi connectivity index (χ2n) is 6.40. The zero-order valence-electron chi connectivity index (χ0n) is 19.1. The van der Waals surface area contributed by atoms with E-state index in [-0.39, 0.29) is 5.91 Å². The van der Waals surface area contributed by atoms with E-state index >= 15 is 0 Å². The SMILES string of the molecule is C=CN1CCN(C(=O)CC)CC1.CC.Cc1ccc(C)nc1.Cc1ccccn1. The molecule has 2 aromatic rings. The summed E-state index contributed by atoms with van der Waals surface area (Å²) in [7, 11) is 0. The van der Waals surface area contributed by atoms with E-state index in [0.29, 0.717) is 6.42 Å². The normalized spacial score (nSPS) is 12.2. The Bertz CT molecular complexity index is 642. The van der Waals surface area contributed by atoms with E-state index in [9.17, 15) is 4.79 Å². The van der Waals surface area contributed by atoms with E-state index in [1.165, 1.54) is 5.56 Å². The molecule has 1 saturated heterocycles. The van der Waals surface area contributed by atoms with Gasteiger partial charge in [-0.2, -0.15) is 0 Å². The molecular formula is C24H38N4O. The molecule has 0 unspecified atom stereocenters. The van der Waals surface area contributed by atoms with Crippen molar-refractivity contribution >= 4 is 5.91 Å². The Balaban J connectivity index is 0.000000404. The summed E-state index contributed by atoms with van der Waals surface area (Å²) in [5, 5.41) is 0. The zero-order valence-corrected chi connectivity index (χ0v) is 19.1. The highest BCUT2D eigenvalue weighted by molar-refractivity contribution is 5.75. The molecule has 5 heteroatoms. The average Bonchev–Trinajstić information content (AvgIpc) is 2.78. The lowest BCUT2D eigenvalue weighted by molar-refractivity contribution is -0.132. The maximum Gasteiger partial charge on any atom is 0.222 e. The van der Waals surface area contributed by atoms with Crippen molar-refractivity contribution in [2.45, 2.75) is 48.0 Å². The first kappa shape index (κ1) is 26.3. The van der Waals surface area contributed by atoms with Crippen LogP contribution in [0.1, 0.15) is 44.1 Å². The lowest BCUT2D eigenvalue weighted by Crippen LogP contribution is -2.46. The summed E-state index contributed by atoms with van der Waals surface area (Å²) in [5.74, 6) is 0.263. The van der Waals surface area contributed by atoms with E-state index < -0.39 is 0 Å². The van der Waals surface area contributed by atoms with Gasteiger partial charge in [0.15, 0.2) is 0 Å². The van der Waals surface area contributed by atoms with Gasteiger partial charge >= 0.3 is 0 Å². The fourth-order valence-corrected chi connectivity index (χ4v) is 2.37. The van der Waals surface area contributed by atoms with E-state index in [2.05, 4.69) is 27.5 Å². The quantitative estimate of drug-likeness (QED) is 0.729. The molecule has 160 valence electrons. The number of aryl methyl sites for hydroxylation is 3. The van der Waals surface area contributed by atoms with Crippen molar-refractivity contribution in [3.8, 4) is 0 Å². The number of hydrogen-bond acceptors (Lipinski definition) is 4. The lowest BCUT2D eigenvalue weighted by atomic mass is 10.3.